The van der Waals surface area contributed by atoms with Crippen LogP contribution in [-0.4, -0.2) is 29.4 Å². The smallest absolute Gasteiger partial charge is 0.209 e. The van der Waals surface area contributed by atoms with Crippen LogP contribution < -0.4 is 9.47 Å². The SMILES string of the molecule is COc1ccc(-c2nc(SCc3ccc(-c4ccccc4C#N)cc3)n[nH]2)c(OC)c1. The van der Waals surface area contributed by atoms with Crippen molar-refractivity contribution in [1.29, 1.82) is 5.26 Å². The lowest BCUT2D eigenvalue weighted by molar-refractivity contribution is 0.395. The van der Waals surface area contributed by atoms with Crippen LogP contribution in [0.3, 0.4) is 0 Å². The minimum Gasteiger partial charge on any atom is -0.497 e. The Hall–Kier alpha value is -3.76. The molecule has 31 heavy (non-hydrogen) atoms. The monoisotopic (exact) mass is 428 g/mol. The Labute approximate surface area is 184 Å². The predicted octanol–water partition coefficient (Wildman–Crippen LogP) is 5.32. The second-order valence-electron chi connectivity index (χ2n) is 6.68. The number of H-pyrrole nitrogens is 1. The van der Waals surface area contributed by atoms with E-state index in [0.717, 1.165) is 33.8 Å². The summed E-state index contributed by atoms with van der Waals surface area (Å²) in [5, 5.41) is 17.3. The van der Waals surface area contributed by atoms with Crippen molar-refractivity contribution in [2.24, 2.45) is 0 Å². The molecule has 1 N–H and O–H groups in total. The Morgan fingerprint density at radius 3 is 2.52 bits per heavy atom. The number of nitrogens with one attached hydrogen (secondary N) is 1. The maximum Gasteiger partial charge on any atom is 0.209 e. The van der Waals surface area contributed by atoms with E-state index in [9.17, 15) is 5.26 Å². The summed E-state index contributed by atoms with van der Waals surface area (Å²) in [5.74, 6) is 2.76. The van der Waals surface area contributed by atoms with Crippen molar-refractivity contribution in [1.82, 2.24) is 15.2 Å². The lowest BCUT2D eigenvalue weighted by atomic mass is 10.00. The van der Waals surface area contributed by atoms with Gasteiger partial charge in [0, 0.05) is 11.8 Å². The summed E-state index contributed by atoms with van der Waals surface area (Å²) in [7, 11) is 3.23. The third kappa shape index (κ3) is 4.55. The van der Waals surface area contributed by atoms with Gasteiger partial charge in [0.15, 0.2) is 5.82 Å². The normalized spacial score (nSPS) is 10.5. The van der Waals surface area contributed by atoms with Crippen LogP contribution in [0.5, 0.6) is 11.5 Å². The number of nitrogens with zero attached hydrogens (tertiary/aromatic N) is 3. The summed E-state index contributed by atoms with van der Waals surface area (Å²) in [4.78, 5) is 4.59. The molecule has 0 atom stereocenters. The second-order valence-corrected chi connectivity index (χ2v) is 7.62. The van der Waals surface area contributed by atoms with Crippen molar-refractivity contribution >= 4 is 11.8 Å². The highest BCUT2D eigenvalue weighted by molar-refractivity contribution is 7.98. The molecule has 0 aliphatic heterocycles. The molecule has 0 saturated heterocycles. The molecular formula is C24H20N4O2S. The first-order chi connectivity index (χ1) is 15.2. The molecule has 0 spiro atoms. The van der Waals surface area contributed by atoms with Crippen molar-refractivity contribution in [2.45, 2.75) is 10.9 Å². The number of rotatable bonds is 7. The lowest BCUT2D eigenvalue weighted by Gasteiger charge is -2.07. The van der Waals surface area contributed by atoms with Gasteiger partial charge in [-0.2, -0.15) is 5.26 Å². The Kier molecular flexibility index (Phi) is 6.20. The Bertz CT molecular complexity index is 1230. The average molecular weight is 429 g/mol. The molecule has 0 aliphatic carbocycles. The van der Waals surface area contributed by atoms with Crippen LogP contribution in [-0.2, 0) is 5.75 Å². The number of methoxy groups -OCH3 is 2. The number of benzene rings is 3. The molecule has 0 bridgehead atoms. The third-order valence-corrected chi connectivity index (χ3v) is 5.73. The lowest BCUT2D eigenvalue weighted by Crippen LogP contribution is -1.91. The van der Waals surface area contributed by atoms with E-state index >= 15 is 0 Å². The fraction of sp³-hybridized carbons (Fsp3) is 0.125. The molecule has 4 rings (SSSR count). The molecule has 1 heterocycles. The molecular weight excluding hydrogens is 408 g/mol. The highest BCUT2D eigenvalue weighted by Crippen LogP contribution is 2.32. The van der Waals surface area contributed by atoms with Crippen molar-refractivity contribution in [3.8, 4) is 40.1 Å². The predicted molar refractivity (Wildman–Crippen MR) is 121 cm³/mol. The molecule has 0 fully saturated rings. The van der Waals surface area contributed by atoms with Crippen LogP contribution in [0.25, 0.3) is 22.5 Å². The van der Waals surface area contributed by atoms with E-state index in [1.807, 2.05) is 54.6 Å². The number of nitriles is 1. The van der Waals surface area contributed by atoms with Gasteiger partial charge in [-0.05, 0) is 34.9 Å². The fourth-order valence-corrected chi connectivity index (χ4v) is 3.94. The van der Waals surface area contributed by atoms with Gasteiger partial charge >= 0.3 is 0 Å². The minimum atomic E-state index is 0.644. The molecule has 0 saturated carbocycles. The van der Waals surface area contributed by atoms with E-state index in [1.54, 1.807) is 26.0 Å². The van der Waals surface area contributed by atoms with E-state index < -0.39 is 0 Å². The number of aromatic amines is 1. The molecule has 0 radical (unpaired) electrons. The van der Waals surface area contributed by atoms with Crippen LogP contribution >= 0.6 is 11.8 Å². The quantitative estimate of drug-likeness (QED) is 0.401. The van der Waals surface area contributed by atoms with Gasteiger partial charge in [-0.15, -0.1) is 5.10 Å². The molecule has 4 aromatic rings. The zero-order valence-corrected chi connectivity index (χ0v) is 17.9. The number of aromatic nitrogens is 3. The van der Waals surface area contributed by atoms with Gasteiger partial charge < -0.3 is 9.47 Å². The summed E-state index contributed by atoms with van der Waals surface area (Å²) >= 11 is 1.55. The first kappa shape index (κ1) is 20.5. The third-order valence-electron chi connectivity index (χ3n) is 4.81. The van der Waals surface area contributed by atoms with Gasteiger partial charge in [-0.3, -0.25) is 5.10 Å². The zero-order chi connectivity index (χ0) is 21.6. The van der Waals surface area contributed by atoms with Gasteiger partial charge in [0.25, 0.3) is 0 Å². The van der Waals surface area contributed by atoms with Crippen molar-refractivity contribution in [2.75, 3.05) is 14.2 Å². The Morgan fingerprint density at radius 1 is 0.968 bits per heavy atom. The van der Waals surface area contributed by atoms with E-state index in [2.05, 4.69) is 33.4 Å². The molecule has 0 amide bonds. The zero-order valence-electron chi connectivity index (χ0n) is 17.1. The Morgan fingerprint density at radius 2 is 1.77 bits per heavy atom. The van der Waals surface area contributed by atoms with Gasteiger partial charge in [-0.25, -0.2) is 4.98 Å². The first-order valence-electron chi connectivity index (χ1n) is 9.58. The van der Waals surface area contributed by atoms with Crippen LogP contribution in [0.1, 0.15) is 11.1 Å². The van der Waals surface area contributed by atoms with Crippen LogP contribution in [0, 0.1) is 11.3 Å². The minimum absolute atomic E-state index is 0.644. The summed E-state index contributed by atoms with van der Waals surface area (Å²) in [5.41, 5.74) is 4.61. The number of thioether (sulfide) groups is 1. The highest BCUT2D eigenvalue weighted by Gasteiger charge is 2.13. The summed E-state index contributed by atoms with van der Waals surface area (Å²) in [6.07, 6.45) is 0. The summed E-state index contributed by atoms with van der Waals surface area (Å²) < 4.78 is 10.7. The molecule has 1 aromatic heterocycles. The Balaban J connectivity index is 1.45. The second kappa shape index (κ2) is 9.37. The molecule has 7 heteroatoms. The van der Waals surface area contributed by atoms with Crippen molar-refractivity contribution in [3.63, 3.8) is 0 Å². The van der Waals surface area contributed by atoms with Crippen molar-refractivity contribution < 1.29 is 9.47 Å². The number of hydrogen-bond donors (Lipinski definition) is 1. The summed E-state index contributed by atoms with van der Waals surface area (Å²) in [6, 6.07) is 23.6. The highest BCUT2D eigenvalue weighted by atomic mass is 32.2. The van der Waals surface area contributed by atoms with Crippen molar-refractivity contribution in [3.05, 3.63) is 77.9 Å². The maximum absolute atomic E-state index is 9.30. The van der Waals surface area contributed by atoms with Crippen LogP contribution in [0.4, 0.5) is 0 Å². The standard InChI is InChI=1S/C24H20N4O2S/c1-29-19-11-12-21(22(13-19)30-2)23-26-24(28-27-23)31-15-16-7-9-17(10-8-16)20-6-4-3-5-18(20)14-25/h3-13H,15H2,1-2H3,(H,26,27,28). The van der Waals surface area contributed by atoms with Crippen LogP contribution in [0.2, 0.25) is 0 Å². The summed E-state index contributed by atoms with van der Waals surface area (Å²) in [6.45, 7) is 0. The average Bonchev–Trinajstić information content (AvgIpc) is 3.31. The fourth-order valence-electron chi connectivity index (χ4n) is 3.19. The van der Waals surface area contributed by atoms with E-state index in [1.165, 1.54) is 0 Å². The molecule has 0 aliphatic rings. The van der Waals surface area contributed by atoms with E-state index in [-0.39, 0.29) is 0 Å². The number of hydrogen-bond acceptors (Lipinski definition) is 6. The van der Waals surface area contributed by atoms with E-state index in [0.29, 0.717) is 22.3 Å². The van der Waals surface area contributed by atoms with Gasteiger partial charge in [0.1, 0.15) is 11.5 Å². The van der Waals surface area contributed by atoms with Gasteiger partial charge in [-0.1, -0.05) is 54.2 Å². The van der Waals surface area contributed by atoms with E-state index in [4.69, 9.17) is 9.47 Å². The molecule has 6 nitrogen and oxygen atoms in total. The molecule has 3 aromatic carbocycles. The number of ether oxygens (including phenoxy) is 2. The van der Waals surface area contributed by atoms with Gasteiger partial charge in [0.2, 0.25) is 5.16 Å². The largest absolute Gasteiger partial charge is 0.497 e. The maximum atomic E-state index is 9.30. The molecule has 154 valence electrons. The molecule has 0 unspecified atom stereocenters. The van der Waals surface area contributed by atoms with Gasteiger partial charge in [0.05, 0.1) is 31.4 Å². The topological polar surface area (TPSA) is 83.8 Å². The first-order valence-corrected chi connectivity index (χ1v) is 10.6. The van der Waals surface area contributed by atoms with Crippen LogP contribution in [0.15, 0.2) is 71.9 Å².